The normalized spacial score (nSPS) is 10.4. The highest BCUT2D eigenvalue weighted by Gasteiger charge is 2.13. The Morgan fingerprint density at radius 3 is 2.86 bits per heavy atom. The number of nitro benzene ring substituents is 1. The quantitative estimate of drug-likeness (QED) is 0.388. The number of benzene rings is 1. The molecule has 4 heteroatoms. The fraction of sp³-hybridized carbons (Fsp3) is 0.100. The first-order valence-electron chi connectivity index (χ1n) is 4.21. The highest BCUT2D eigenvalue weighted by molar-refractivity contribution is 5.89. The smallest absolute Gasteiger partial charge is 0.258 e. The molecule has 0 aliphatic heterocycles. The number of pyridine rings is 1. The van der Waals surface area contributed by atoms with Crippen LogP contribution in [0.5, 0.6) is 0 Å². The zero-order valence-corrected chi connectivity index (χ0v) is 7.68. The maximum Gasteiger partial charge on any atom is 0.283 e. The molecule has 0 unspecified atom stereocenters. The first kappa shape index (κ1) is 8.62. The number of nitrogens with zero attached hydrogens (tertiary/aromatic N) is 2. The maximum atomic E-state index is 10.7. The van der Waals surface area contributed by atoms with Gasteiger partial charge in [-0.1, -0.05) is 12.1 Å². The molecule has 2 rings (SSSR count). The summed E-state index contributed by atoms with van der Waals surface area (Å²) in [5.41, 5.74) is 0.152. The highest BCUT2D eigenvalue weighted by Crippen LogP contribution is 2.22. The van der Waals surface area contributed by atoms with E-state index in [1.165, 1.54) is 6.07 Å². The number of hydrogen-bond donors (Lipinski definition) is 0. The third-order valence-corrected chi connectivity index (χ3v) is 2.14. The Morgan fingerprint density at radius 1 is 1.36 bits per heavy atom. The molecule has 0 spiro atoms. The molecule has 1 aromatic heterocycles. The van der Waals surface area contributed by atoms with Crippen molar-refractivity contribution in [2.45, 2.75) is 0 Å². The van der Waals surface area contributed by atoms with E-state index in [0.29, 0.717) is 5.39 Å². The monoisotopic (exact) mass is 189 g/mol. The summed E-state index contributed by atoms with van der Waals surface area (Å²) >= 11 is 0. The number of hydrogen-bond acceptors (Lipinski definition) is 2. The third-order valence-electron chi connectivity index (χ3n) is 2.14. The molecule has 4 nitrogen and oxygen atoms in total. The van der Waals surface area contributed by atoms with Gasteiger partial charge < -0.3 is 0 Å². The maximum absolute atomic E-state index is 10.7. The second-order valence-corrected chi connectivity index (χ2v) is 3.15. The summed E-state index contributed by atoms with van der Waals surface area (Å²) in [5, 5.41) is 12.3. The van der Waals surface area contributed by atoms with Gasteiger partial charge in [0.25, 0.3) is 5.69 Å². The number of aromatic nitrogens is 1. The van der Waals surface area contributed by atoms with Crippen molar-refractivity contribution >= 4 is 16.5 Å². The van der Waals surface area contributed by atoms with Crippen LogP contribution >= 0.6 is 0 Å². The standard InChI is InChI=1S/C10H9N2O2/c1-11-6-5-8-3-2-4-10(12(13)14)9(8)7-11/h2-7H,1H3/q+1. The van der Waals surface area contributed by atoms with Crippen molar-refractivity contribution in [3.05, 3.63) is 46.8 Å². The minimum Gasteiger partial charge on any atom is -0.258 e. The van der Waals surface area contributed by atoms with Crippen LogP contribution in [-0.2, 0) is 7.05 Å². The molecule has 2 aromatic rings. The van der Waals surface area contributed by atoms with Crippen molar-refractivity contribution in [1.82, 2.24) is 0 Å². The van der Waals surface area contributed by atoms with Gasteiger partial charge in [-0.25, -0.2) is 4.57 Å². The van der Waals surface area contributed by atoms with Gasteiger partial charge in [0.2, 0.25) is 0 Å². The van der Waals surface area contributed by atoms with Gasteiger partial charge in [0, 0.05) is 17.5 Å². The summed E-state index contributed by atoms with van der Waals surface area (Å²) in [6, 6.07) is 6.94. The molecular weight excluding hydrogens is 180 g/mol. The first-order valence-corrected chi connectivity index (χ1v) is 4.21. The second-order valence-electron chi connectivity index (χ2n) is 3.15. The SMILES string of the molecule is C[n+]1ccc2cccc([N+](=O)[O-])c2c1. The Kier molecular flexibility index (Phi) is 1.89. The molecule has 1 aromatic carbocycles. The molecule has 70 valence electrons. The molecule has 0 saturated heterocycles. The molecule has 0 aliphatic carbocycles. The Hall–Kier alpha value is -1.97. The molecule has 0 atom stereocenters. The van der Waals surface area contributed by atoms with E-state index in [1.54, 1.807) is 16.8 Å². The van der Waals surface area contributed by atoms with Crippen molar-refractivity contribution < 1.29 is 9.49 Å². The van der Waals surface area contributed by atoms with Crippen LogP contribution in [0, 0.1) is 10.1 Å². The van der Waals surface area contributed by atoms with E-state index in [1.807, 2.05) is 25.4 Å². The minimum atomic E-state index is -0.359. The lowest BCUT2D eigenvalue weighted by atomic mass is 10.1. The van der Waals surface area contributed by atoms with Gasteiger partial charge in [0.05, 0.1) is 4.92 Å². The zero-order chi connectivity index (χ0) is 10.1. The second kappa shape index (κ2) is 3.06. The fourth-order valence-electron chi connectivity index (χ4n) is 1.46. The third kappa shape index (κ3) is 1.31. The number of fused-ring (bicyclic) bond motifs is 1. The lowest BCUT2D eigenvalue weighted by Crippen LogP contribution is -2.25. The van der Waals surface area contributed by atoms with Gasteiger partial charge in [-0.15, -0.1) is 0 Å². The average molecular weight is 189 g/mol. The van der Waals surface area contributed by atoms with Crippen molar-refractivity contribution in [1.29, 1.82) is 0 Å². The van der Waals surface area contributed by atoms with E-state index in [-0.39, 0.29) is 10.6 Å². The summed E-state index contributed by atoms with van der Waals surface area (Å²) < 4.78 is 1.80. The van der Waals surface area contributed by atoms with E-state index in [9.17, 15) is 10.1 Å². The van der Waals surface area contributed by atoms with Crippen LogP contribution in [0.25, 0.3) is 10.8 Å². The van der Waals surface area contributed by atoms with Gasteiger partial charge in [0.15, 0.2) is 12.4 Å². The Balaban J connectivity index is 2.84. The molecule has 14 heavy (non-hydrogen) atoms. The summed E-state index contributed by atoms with van der Waals surface area (Å²) in [6.07, 6.45) is 3.62. The van der Waals surface area contributed by atoms with Gasteiger partial charge in [-0.2, -0.15) is 0 Å². The van der Waals surface area contributed by atoms with E-state index in [2.05, 4.69) is 0 Å². The van der Waals surface area contributed by atoms with E-state index >= 15 is 0 Å². The van der Waals surface area contributed by atoms with Crippen LogP contribution in [0.3, 0.4) is 0 Å². The molecule has 1 heterocycles. The molecule has 0 amide bonds. The Morgan fingerprint density at radius 2 is 2.14 bits per heavy atom. The predicted octanol–water partition coefficient (Wildman–Crippen LogP) is 1.57. The minimum absolute atomic E-state index is 0.152. The van der Waals surface area contributed by atoms with E-state index in [4.69, 9.17) is 0 Å². The van der Waals surface area contributed by atoms with Crippen molar-refractivity contribution in [3.63, 3.8) is 0 Å². The molecule has 0 fully saturated rings. The molecule has 0 saturated carbocycles. The van der Waals surface area contributed by atoms with Gasteiger partial charge >= 0.3 is 0 Å². The van der Waals surface area contributed by atoms with Crippen molar-refractivity contribution in [3.8, 4) is 0 Å². The van der Waals surface area contributed by atoms with Crippen molar-refractivity contribution in [2.75, 3.05) is 0 Å². The van der Waals surface area contributed by atoms with Gasteiger partial charge in [-0.05, 0) is 0 Å². The van der Waals surface area contributed by atoms with Crippen LogP contribution in [0.2, 0.25) is 0 Å². The van der Waals surface area contributed by atoms with Crippen LogP contribution in [0.15, 0.2) is 36.7 Å². The molecule has 0 radical (unpaired) electrons. The highest BCUT2D eigenvalue weighted by atomic mass is 16.6. The van der Waals surface area contributed by atoms with Gasteiger partial charge in [0.1, 0.15) is 12.4 Å². The molecule has 0 bridgehead atoms. The zero-order valence-electron chi connectivity index (χ0n) is 7.68. The Bertz CT molecular complexity index is 508. The number of aryl methyl sites for hydroxylation is 1. The summed E-state index contributed by atoms with van der Waals surface area (Å²) in [6.45, 7) is 0. The van der Waals surface area contributed by atoms with Crippen LogP contribution in [-0.4, -0.2) is 4.92 Å². The summed E-state index contributed by atoms with van der Waals surface area (Å²) in [7, 11) is 1.84. The fourth-order valence-corrected chi connectivity index (χ4v) is 1.46. The lowest BCUT2D eigenvalue weighted by Gasteiger charge is -1.96. The molecular formula is C10H9N2O2+. The number of non-ortho nitro benzene ring substituents is 1. The van der Waals surface area contributed by atoms with Crippen LogP contribution < -0.4 is 4.57 Å². The van der Waals surface area contributed by atoms with Crippen molar-refractivity contribution in [2.24, 2.45) is 7.05 Å². The first-order chi connectivity index (χ1) is 6.68. The van der Waals surface area contributed by atoms with Crippen LogP contribution in [0.1, 0.15) is 0 Å². The van der Waals surface area contributed by atoms with E-state index in [0.717, 1.165) is 5.39 Å². The lowest BCUT2D eigenvalue weighted by molar-refractivity contribution is -0.670. The largest absolute Gasteiger partial charge is 0.283 e. The number of rotatable bonds is 1. The predicted molar refractivity (Wildman–Crippen MR) is 51.8 cm³/mol. The average Bonchev–Trinajstić information content (AvgIpc) is 2.16. The molecule has 0 N–H and O–H groups in total. The Labute approximate surface area is 80.6 Å². The summed E-state index contributed by atoms with van der Waals surface area (Å²) in [4.78, 5) is 10.4. The van der Waals surface area contributed by atoms with E-state index < -0.39 is 0 Å². The molecule has 0 aliphatic rings. The van der Waals surface area contributed by atoms with Gasteiger partial charge in [-0.3, -0.25) is 10.1 Å². The van der Waals surface area contributed by atoms with Crippen LogP contribution in [0.4, 0.5) is 5.69 Å². The topological polar surface area (TPSA) is 47.0 Å². The summed E-state index contributed by atoms with van der Waals surface area (Å²) in [5.74, 6) is 0. The number of nitro groups is 1.